The van der Waals surface area contributed by atoms with Gasteiger partial charge < -0.3 is 5.32 Å². The number of hydrogen-bond donors (Lipinski definition) is 1. The van der Waals surface area contributed by atoms with Gasteiger partial charge in [0.05, 0.1) is 0 Å². The molecule has 0 radical (unpaired) electrons. The lowest BCUT2D eigenvalue weighted by molar-refractivity contribution is 0.343. The highest BCUT2D eigenvalue weighted by atomic mass is 32.1. The first-order valence-corrected chi connectivity index (χ1v) is 7.01. The van der Waals surface area contributed by atoms with Crippen LogP contribution in [0.25, 0.3) is 0 Å². The molecule has 1 aromatic rings. The summed E-state index contributed by atoms with van der Waals surface area (Å²) in [7, 11) is 0. The van der Waals surface area contributed by atoms with Crippen LogP contribution in [-0.4, -0.2) is 16.2 Å². The van der Waals surface area contributed by atoms with Crippen molar-refractivity contribution in [1.82, 2.24) is 15.5 Å². The molecule has 0 aliphatic rings. The molecule has 1 aromatic heterocycles. The highest BCUT2D eigenvalue weighted by molar-refractivity contribution is 7.11. The highest BCUT2D eigenvalue weighted by Gasteiger charge is 2.14. The van der Waals surface area contributed by atoms with Crippen molar-refractivity contribution in [3.8, 4) is 0 Å². The van der Waals surface area contributed by atoms with Crippen molar-refractivity contribution in [3.63, 3.8) is 0 Å². The summed E-state index contributed by atoms with van der Waals surface area (Å²) in [6.07, 6.45) is 3.73. The molecule has 0 fully saturated rings. The summed E-state index contributed by atoms with van der Waals surface area (Å²) in [6, 6.07) is 0.601. The molecule has 0 amide bonds. The Morgan fingerprint density at radius 3 is 2.56 bits per heavy atom. The number of aryl methyl sites for hydroxylation is 1. The number of nitrogens with one attached hydrogen (secondary N) is 1. The summed E-state index contributed by atoms with van der Waals surface area (Å²) < 4.78 is 0. The maximum Gasteiger partial charge on any atom is 0.131 e. The molecule has 0 bridgehead atoms. The standard InChI is InChI=1S/C12H23N3S/c1-5-7-9(3)11(6-2)13-8-12-15-14-10(4)16-12/h9,11,13H,5-8H2,1-4H3. The zero-order valence-electron chi connectivity index (χ0n) is 10.8. The Bertz CT molecular complexity index is 298. The van der Waals surface area contributed by atoms with Crippen LogP contribution in [0.3, 0.4) is 0 Å². The largest absolute Gasteiger partial charge is 0.307 e. The molecule has 92 valence electrons. The molecule has 0 saturated carbocycles. The first kappa shape index (κ1) is 13.6. The average Bonchev–Trinajstić information content (AvgIpc) is 2.65. The van der Waals surface area contributed by atoms with Gasteiger partial charge in [-0.05, 0) is 25.7 Å². The summed E-state index contributed by atoms with van der Waals surface area (Å²) in [5, 5.41) is 13.9. The molecule has 4 heteroatoms. The van der Waals surface area contributed by atoms with Crippen molar-refractivity contribution >= 4 is 11.3 Å². The van der Waals surface area contributed by atoms with Crippen LogP contribution in [-0.2, 0) is 6.54 Å². The van der Waals surface area contributed by atoms with Gasteiger partial charge in [0.2, 0.25) is 0 Å². The Labute approximate surface area is 103 Å². The molecule has 1 N–H and O–H groups in total. The fraction of sp³-hybridized carbons (Fsp3) is 0.833. The van der Waals surface area contributed by atoms with Crippen molar-refractivity contribution in [2.45, 2.75) is 59.5 Å². The van der Waals surface area contributed by atoms with Gasteiger partial charge in [0.25, 0.3) is 0 Å². The predicted molar refractivity (Wildman–Crippen MR) is 69.6 cm³/mol. The van der Waals surface area contributed by atoms with E-state index in [4.69, 9.17) is 0 Å². The van der Waals surface area contributed by atoms with E-state index in [0.29, 0.717) is 6.04 Å². The smallest absolute Gasteiger partial charge is 0.131 e. The summed E-state index contributed by atoms with van der Waals surface area (Å²) in [4.78, 5) is 0. The second kappa shape index (κ2) is 6.97. The lowest BCUT2D eigenvalue weighted by Crippen LogP contribution is -2.33. The molecule has 2 atom stereocenters. The van der Waals surface area contributed by atoms with Crippen LogP contribution in [0, 0.1) is 12.8 Å². The molecular weight excluding hydrogens is 218 g/mol. The second-order valence-electron chi connectivity index (χ2n) is 4.38. The molecule has 0 saturated heterocycles. The summed E-state index contributed by atoms with van der Waals surface area (Å²) in [5.74, 6) is 0.740. The topological polar surface area (TPSA) is 37.8 Å². The van der Waals surface area contributed by atoms with Crippen LogP contribution in [0.5, 0.6) is 0 Å². The normalized spacial score (nSPS) is 15.0. The van der Waals surface area contributed by atoms with E-state index in [0.717, 1.165) is 22.5 Å². The fourth-order valence-electron chi connectivity index (χ4n) is 2.03. The monoisotopic (exact) mass is 241 g/mol. The van der Waals surface area contributed by atoms with E-state index in [-0.39, 0.29) is 0 Å². The minimum Gasteiger partial charge on any atom is -0.307 e. The van der Waals surface area contributed by atoms with Crippen molar-refractivity contribution in [2.24, 2.45) is 5.92 Å². The molecule has 0 aliphatic carbocycles. The molecule has 0 spiro atoms. The van der Waals surface area contributed by atoms with E-state index < -0.39 is 0 Å². The quantitative estimate of drug-likeness (QED) is 0.797. The van der Waals surface area contributed by atoms with Gasteiger partial charge in [-0.3, -0.25) is 0 Å². The van der Waals surface area contributed by atoms with Gasteiger partial charge >= 0.3 is 0 Å². The first-order valence-electron chi connectivity index (χ1n) is 6.19. The zero-order chi connectivity index (χ0) is 12.0. The van der Waals surface area contributed by atoms with Gasteiger partial charge in [0, 0.05) is 12.6 Å². The molecule has 1 heterocycles. The predicted octanol–water partition coefficient (Wildman–Crippen LogP) is 3.15. The van der Waals surface area contributed by atoms with Gasteiger partial charge in [-0.1, -0.05) is 27.2 Å². The maximum atomic E-state index is 4.13. The second-order valence-corrected chi connectivity index (χ2v) is 5.64. The summed E-state index contributed by atoms with van der Waals surface area (Å²) in [6.45, 7) is 9.68. The van der Waals surface area contributed by atoms with Crippen LogP contribution in [0.15, 0.2) is 0 Å². The Hall–Kier alpha value is -0.480. The van der Waals surface area contributed by atoms with Gasteiger partial charge in [-0.15, -0.1) is 21.5 Å². The fourth-order valence-corrected chi connectivity index (χ4v) is 2.69. The van der Waals surface area contributed by atoms with Gasteiger partial charge in [0.1, 0.15) is 10.0 Å². The van der Waals surface area contributed by atoms with Gasteiger partial charge in [0.15, 0.2) is 0 Å². The van der Waals surface area contributed by atoms with Gasteiger partial charge in [-0.2, -0.15) is 0 Å². The Morgan fingerprint density at radius 1 is 1.31 bits per heavy atom. The van der Waals surface area contributed by atoms with E-state index in [1.54, 1.807) is 11.3 Å². The Kier molecular flexibility index (Phi) is 5.91. The first-order chi connectivity index (χ1) is 7.67. The van der Waals surface area contributed by atoms with Crippen LogP contribution in [0.2, 0.25) is 0 Å². The Balaban J connectivity index is 2.39. The van der Waals surface area contributed by atoms with E-state index in [2.05, 4.69) is 36.3 Å². The third-order valence-corrected chi connectivity index (χ3v) is 3.79. The minimum atomic E-state index is 0.601. The molecule has 1 rings (SSSR count). The average molecular weight is 241 g/mol. The van der Waals surface area contributed by atoms with Crippen molar-refractivity contribution in [3.05, 3.63) is 10.0 Å². The van der Waals surface area contributed by atoms with Crippen LogP contribution >= 0.6 is 11.3 Å². The molecule has 16 heavy (non-hydrogen) atoms. The molecule has 3 nitrogen and oxygen atoms in total. The van der Waals surface area contributed by atoms with E-state index >= 15 is 0 Å². The maximum absolute atomic E-state index is 4.13. The highest BCUT2D eigenvalue weighted by Crippen LogP contribution is 2.15. The zero-order valence-corrected chi connectivity index (χ0v) is 11.6. The van der Waals surface area contributed by atoms with Gasteiger partial charge in [-0.25, -0.2) is 0 Å². The van der Waals surface area contributed by atoms with Crippen LogP contribution in [0.4, 0.5) is 0 Å². The summed E-state index contributed by atoms with van der Waals surface area (Å²) in [5.41, 5.74) is 0. The minimum absolute atomic E-state index is 0.601. The van der Waals surface area contributed by atoms with Crippen molar-refractivity contribution in [2.75, 3.05) is 0 Å². The van der Waals surface area contributed by atoms with E-state index in [1.807, 2.05) is 6.92 Å². The molecule has 0 aliphatic heterocycles. The number of hydrogen-bond acceptors (Lipinski definition) is 4. The third-order valence-electron chi connectivity index (χ3n) is 2.95. The lowest BCUT2D eigenvalue weighted by Gasteiger charge is -2.23. The molecule has 0 aromatic carbocycles. The van der Waals surface area contributed by atoms with E-state index in [1.165, 1.54) is 19.3 Å². The van der Waals surface area contributed by atoms with Crippen molar-refractivity contribution < 1.29 is 0 Å². The van der Waals surface area contributed by atoms with Crippen LogP contribution < -0.4 is 5.32 Å². The van der Waals surface area contributed by atoms with Crippen LogP contribution in [0.1, 0.15) is 50.0 Å². The van der Waals surface area contributed by atoms with E-state index in [9.17, 15) is 0 Å². The molecule has 2 unspecified atom stereocenters. The number of aromatic nitrogens is 2. The number of nitrogens with zero attached hydrogens (tertiary/aromatic N) is 2. The molecular formula is C12H23N3S. The summed E-state index contributed by atoms with van der Waals surface area (Å²) >= 11 is 1.68. The third kappa shape index (κ3) is 4.18. The Morgan fingerprint density at radius 2 is 2.06 bits per heavy atom. The number of rotatable bonds is 7. The lowest BCUT2D eigenvalue weighted by atomic mass is 9.95. The SMILES string of the molecule is CCCC(C)C(CC)NCc1nnc(C)s1. The van der Waals surface area contributed by atoms with Crippen molar-refractivity contribution in [1.29, 1.82) is 0 Å².